The molecule has 0 aliphatic heterocycles. The molecule has 1 aromatic carbocycles. The van der Waals surface area contributed by atoms with E-state index in [1.807, 2.05) is 0 Å². The van der Waals surface area contributed by atoms with Crippen LogP contribution < -0.4 is 9.47 Å². The Kier molecular flexibility index (Phi) is 4.21. The zero-order chi connectivity index (χ0) is 13.9. The third kappa shape index (κ3) is 3.15. The Morgan fingerprint density at radius 2 is 1.83 bits per heavy atom. The summed E-state index contributed by atoms with van der Waals surface area (Å²) >= 11 is 0. The number of rotatable bonds is 4. The standard InChI is InChI=1S/C12H13F3O3/c1-7(16)4-8-5-9(17-2)6-10(11(8)18-3)12(13,14)15/h5-6H,4H2,1-3H3. The number of ketones is 1. The van der Waals surface area contributed by atoms with Crippen molar-refractivity contribution in [2.75, 3.05) is 14.2 Å². The van der Waals surface area contributed by atoms with E-state index in [9.17, 15) is 18.0 Å². The molecule has 3 nitrogen and oxygen atoms in total. The number of Topliss-reactive ketones (excluding diaryl/α,β-unsaturated/α-hetero) is 1. The zero-order valence-corrected chi connectivity index (χ0v) is 10.2. The number of benzene rings is 1. The number of alkyl halides is 3. The van der Waals surface area contributed by atoms with Crippen LogP contribution in [0.3, 0.4) is 0 Å². The summed E-state index contributed by atoms with van der Waals surface area (Å²) in [6.45, 7) is 1.30. The number of carbonyl (C=O) groups excluding carboxylic acids is 1. The lowest BCUT2D eigenvalue weighted by Gasteiger charge is -2.16. The molecule has 0 amide bonds. The summed E-state index contributed by atoms with van der Waals surface area (Å²) in [6, 6.07) is 2.22. The first kappa shape index (κ1) is 14.3. The lowest BCUT2D eigenvalue weighted by atomic mass is 10.0. The van der Waals surface area contributed by atoms with E-state index in [1.165, 1.54) is 20.1 Å². The van der Waals surface area contributed by atoms with Crippen LogP contribution in [0.25, 0.3) is 0 Å². The molecule has 0 N–H and O–H groups in total. The zero-order valence-electron chi connectivity index (χ0n) is 10.2. The number of hydrogen-bond acceptors (Lipinski definition) is 3. The van der Waals surface area contributed by atoms with Gasteiger partial charge >= 0.3 is 6.18 Å². The Balaban J connectivity index is 3.44. The molecule has 0 heterocycles. The van der Waals surface area contributed by atoms with Crippen LogP contribution in [0.1, 0.15) is 18.1 Å². The molecule has 1 aromatic rings. The molecule has 6 heteroatoms. The van der Waals surface area contributed by atoms with Crippen molar-refractivity contribution in [2.24, 2.45) is 0 Å². The van der Waals surface area contributed by atoms with Gasteiger partial charge in [0.2, 0.25) is 0 Å². The van der Waals surface area contributed by atoms with Gasteiger partial charge < -0.3 is 9.47 Å². The monoisotopic (exact) mass is 262 g/mol. The van der Waals surface area contributed by atoms with Crippen LogP contribution in [0.5, 0.6) is 11.5 Å². The summed E-state index contributed by atoms with van der Waals surface area (Å²) in [5.74, 6) is -0.549. The second kappa shape index (κ2) is 5.29. The Morgan fingerprint density at radius 1 is 1.22 bits per heavy atom. The van der Waals surface area contributed by atoms with Gasteiger partial charge in [-0.2, -0.15) is 13.2 Å². The van der Waals surface area contributed by atoms with E-state index in [-0.39, 0.29) is 29.3 Å². The second-order valence-electron chi connectivity index (χ2n) is 3.74. The summed E-state index contributed by atoms with van der Waals surface area (Å²) in [7, 11) is 2.40. The van der Waals surface area contributed by atoms with Crippen molar-refractivity contribution in [1.82, 2.24) is 0 Å². The molecule has 0 aromatic heterocycles. The molecular formula is C12H13F3O3. The summed E-state index contributed by atoms with van der Waals surface area (Å²) in [4.78, 5) is 11.1. The Labute approximate surface area is 103 Å². The largest absolute Gasteiger partial charge is 0.497 e. The van der Waals surface area contributed by atoms with Gasteiger partial charge in [0, 0.05) is 12.0 Å². The first-order valence-corrected chi connectivity index (χ1v) is 5.11. The Hall–Kier alpha value is -1.72. The molecule has 100 valence electrons. The fourth-order valence-electron chi connectivity index (χ4n) is 1.63. The molecule has 0 atom stereocenters. The molecule has 0 saturated heterocycles. The molecule has 0 saturated carbocycles. The highest BCUT2D eigenvalue weighted by atomic mass is 19.4. The topological polar surface area (TPSA) is 35.5 Å². The van der Waals surface area contributed by atoms with Gasteiger partial charge in [0.05, 0.1) is 14.2 Å². The maximum Gasteiger partial charge on any atom is 0.420 e. The molecule has 1 rings (SSSR count). The van der Waals surface area contributed by atoms with E-state index < -0.39 is 11.7 Å². The number of methoxy groups -OCH3 is 2. The predicted octanol–water partition coefficient (Wildman–Crippen LogP) is 2.85. The highest BCUT2D eigenvalue weighted by Gasteiger charge is 2.36. The summed E-state index contributed by atoms with van der Waals surface area (Å²) in [5, 5.41) is 0. The van der Waals surface area contributed by atoms with Crippen molar-refractivity contribution in [2.45, 2.75) is 19.5 Å². The quantitative estimate of drug-likeness (QED) is 0.837. The predicted molar refractivity (Wildman–Crippen MR) is 58.9 cm³/mol. The van der Waals surface area contributed by atoms with E-state index in [1.54, 1.807) is 0 Å². The van der Waals surface area contributed by atoms with Crippen molar-refractivity contribution in [3.05, 3.63) is 23.3 Å². The fraction of sp³-hybridized carbons (Fsp3) is 0.417. The van der Waals surface area contributed by atoms with Crippen molar-refractivity contribution < 1.29 is 27.4 Å². The molecule has 0 bridgehead atoms. The Morgan fingerprint density at radius 3 is 2.22 bits per heavy atom. The van der Waals surface area contributed by atoms with E-state index in [2.05, 4.69) is 0 Å². The molecule has 18 heavy (non-hydrogen) atoms. The van der Waals surface area contributed by atoms with Crippen LogP contribution >= 0.6 is 0 Å². The van der Waals surface area contributed by atoms with Crippen LogP contribution in [0.4, 0.5) is 13.2 Å². The van der Waals surface area contributed by atoms with E-state index >= 15 is 0 Å². The molecule has 0 unspecified atom stereocenters. The molecule has 0 spiro atoms. The summed E-state index contributed by atoms with van der Waals surface area (Å²) in [6.07, 6.45) is -4.70. The van der Waals surface area contributed by atoms with Crippen LogP contribution in [0.2, 0.25) is 0 Å². The van der Waals surface area contributed by atoms with E-state index in [0.717, 1.165) is 13.2 Å². The van der Waals surface area contributed by atoms with E-state index in [0.29, 0.717) is 0 Å². The van der Waals surface area contributed by atoms with Gasteiger partial charge in [-0.15, -0.1) is 0 Å². The number of hydrogen-bond donors (Lipinski definition) is 0. The highest BCUT2D eigenvalue weighted by Crippen LogP contribution is 2.40. The van der Waals surface area contributed by atoms with Gasteiger partial charge in [0.1, 0.15) is 22.8 Å². The lowest BCUT2D eigenvalue weighted by Crippen LogP contribution is -2.11. The lowest BCUT2D eigenvalue weighted by molar-refractivity contribution is -0.139. The van der Waals surface area contributed by atoms with Crippen LogP contribution in [-0.4, -0.2) is 20.0 Å². The van der Waals surface area contributed by atoms with Crippen molar-refractivity contribution in [3.63, 3.8) is 0 Å². The minimum absolute atomic E-state index is 0.0411. The van der Waals surface area contributed by atoms with E-state index in [4.69, 9.17) is 9.47 Å². The van der Waals surface area contributed by atoms with Crippen molar-refractivity contribution in [1.29, 1.82) is 0 Å². The minimum Gasteiger partial charge on any atom is -0.497 e. The second-order valence-corrected chi connectivity index (χ2v) is 3.74. The highest BCUT2D eigenvalue weighted by molar-refractivity contribution is 5.79. The normalized spacial score (nSPS) is 11.2. The third-order valence-corrected chi connectivity index (χ3v) is 2.32. The smallest absolute Gasteiger partial charge is 0.420 e. The number of carbonyl (C=O) groups is 1. The van der Waals surface area contributed by atoms with Crippen LogP contribution in [0, 0.1) is 0 Å². The summed E-state index contributed by atoms with van der Waals surface area (Å²) < 4.78 is 48.1. The molecule has 0 fully saturated rings. The Bertz CT molecular complexity index is 453. The molecular weight excluding hydrogens is 249 g/mol. The average Bonchev–Trinajstić information content (AvgIpc) is 2.25. The van der Waals surface area contributed by atoms with Gasteiger partial charge in [0.15, 0.2) is 0 Å². The summed E-state index contributed by atoms with van der Waals surface area (Å²) in [5.41, 5.74) is -0.780. The fourth-order valence-corrected chi connectivity index (χ4v) is 1.63. The van der Waals surface area contributed by atoms with Crippen molar-refractivity contribution in [3.8, 4) is 11.5 Å². The van der Waals surface area contributed by atoms with Crippen LogP contribution in [-0.2, 0) is 17.4 Å². The molecule has 0 radical (unpaired) electrons. The van der Waals surface area contributed by atoms with Gasteiger partial charge in [-0.1, -0.05) is 0 Å². The van der Waals surface area contributed by atoms with Gasteiger partial charge in [-0.25, -0.2) is 0 Å². The van der Waals surface area contributed by atoms with Gasteiger partial charge in [0.25, 0.3) is 0 Å². The van der Waals surface area contributed by atoms with Gasteiger partial charge in [-0.3, -0.25) is 4.79 Å². The molecule has 0 aliphatic carbocycles. The van der Waals surface area contributed by atoms with Crippen LogP contribution in [0.15, 0.2) is 12.1 Å². The third-order valence-electron chi connectivity index (χ3n) is 2.32. The number of halogens is 3. The van der Waals surface area contributed by atoms with Crippen molar-refractivity contribution >= 4 is 5.78 Å². The average molecular weight is 262 g/mol. The maximum absolute atomic E-state index is 12.8. The first-order chi connectivity index (χ1) is 8.29. The minimum atomic E-state index is -4.56. The van der Waals surface area contributed by atoms with Gasteiger partial charge in [-0.05, 0) is 19.1 Å². The first-order valence-electron chi connectivity index (χ1n) is 5.11. The number of ether oxygens (including phenoxy) is 2. The molecule has 0 aliphatic rings. The maximum atomic E-state index is 12.8. The SMILES string of the molecule is COc1cc(CC(C)=O)c(OC)c(C(F)(F)F)c1.